The Balaban J connectivity index is 1.88. The molecule has 0 aliphatic heterocycles. The number of benzene rings is 3. The van der Waals surface area contributed by atoms with Gasteiger partial charge < -0.3 is 0 Å². The fourth-order valence-corrected chi connectivity index (χ4v) is 3.42. The smallest absolute Gasteiger partial charge is 0.0208 e. The Morgan fingerprint density at radius 1 is 0.818 bits per heavy atom. The lowest BCUT2D eigenvalue weighted by molar-refractivity contribution is 0.590. The van der Waals surface area contributed by atoms with Crippen molar-refractivity contribution in [3.63, 3.8) is 0 Å². The summed E-state index contributed by atoms with van der Waals surface area (Å²) in [5.41, 5.74) is 4.36. The van der Waals surface area contributed by atoms with Crippen molar-refractivity contribution in [2.75, 3.05) is 0 Å². The molecule has 0 aliphatic carbocycles. The fraction of sp³-hybridized carbons (Fsp3) is 0.238. The van der Waals surface area contributed by atoms with E-state index >= 15 is 0 Å². The molecule has 0 amide bonds. The van der Waals surface area contributed by atoms with Crippen molar-refractivity contribution >= 4 is 33.4 Å². The van der Waals surface area contributed by atoms with E-state index in [-0.39, 0.29) is 5.41 Å². The van der Waals surface area contributed by atoms with Gasteiger partial charge >= 0.3 is 0 Å². The first-order valence-electron chi connectivity index (χ1n) is 7.70. The molecule has 0 radical (unpaired) electrons. The molecule has 0 atom stereocenters. The second-order valence-electron chi connectivity index (χ2n) is 6.92. The van der Waals surface area contributed by atoms with Crippen LogP contribution in [-0.4, -0.2) is 0 Å². The van der Waals surface area contributed by atoms with Crippen molar-refractivity contribution in [3.8, 4) is 0 Å². The number of fused-ring (bicyclic) bond motifs is 1. The maximum Gasteiger partial charge on any atom is 0.0208 e. The lowest BCUT2D eigenvalue weighted by Gasteiger charge is -2.19. The second kappa shape index (κ2) is 6.04. The fourth-order valence-electron chi connectivity index (χ4n) is 2.75. The number of hydrogen-bond acceptors (Lipinski definition) is 0. The van der Waals surface area contributed by atoms with Gasteiger partial charge in [-0.15, -0.1) is 0 Å². The van der Waals surface area contributed by atoms with Gasteiger partial charge in [-0.05, 0) is 74.0 Å². The first-order valence-corrected chi connectivity index (χ1v) is 8.78. The molecule has 0 heterocycles. The minimum absolute atomic E-state index is 0.220. The van der Waals surface area contributed by atoms with Gasteiger partial charge in [-0.25, -0.2) is 0 Å². The van der Waals surface area contributed by atoms with Crippen LogP contribution in [0.15, 0.2) is 60.7 Å². The Kier molecular flexibility index (Phi) is 4.26. The summed E-state index contributed by atoms with van der Waals surface area (Å²) in [6.45, 7) is 6.77. The van der Waals surface area contributed by atoms with Gasteiger partial charge in [0.15, 0.2) is 0 Å². The summed E-state index contributed by atoms with van der Waals surface area (Å²) in [5, 5.41) is 2.67. The molecule has 0 aliphatic rings. The minimum atomic E-state index is 0.220. The van der Waals surface area contributed by atoms with Crippen molar-refractivity contribution < 1.29 is 0 Å². The van der Waals surface area contributed by atoms with Crippen molar-refractivity contribution in [2.24, 2.45) is 0 Å². The van der Waals surface area contributed by atoms with Crippen molar-refractivity contribution in [3.05, 3.63) is 80.9 Å². The molecule has 0 saturated heterocycles. The quantitative estimate of drug-likeness (QED) is 0.441. The monoisotopic (exact) mass is 400 g/mol. The Labute approximate surface area is 146 Å². The third-order valence-electron chi connectivity index (χ3n) is 4.12. The Bertz CT molecular complexity index is 792. The molecule has 0 unspecified atom stereocenters. The molecule has 0 aromatic heterocycles. The van der Waals surface area contributed by atoms with Crippen LogP contribution in [0.25, 0.3) is 10.8 Å². The van der Waals surface area contributed by atoms with E-state index in [1.807, 2.05) is 0 Å². The molecule has 0 N–H and O–H groups in total. The number of halogens is 1. The van der Waals surface area contributed by atoms with Crippen LogP contribution in [0.4, 0.5) is 0 Å². The van der Waals surface area contributed by atoms with Crippen molar-refractivity contribution in [1.29, 1.82) is 0 Å². The predicted molar refractivity (Wildman–Crippen MR) is 105 cm³/mol. The summed E-state index contributed by atoms with van der Waals surface area (Å²) in [6, 6.07) is 22.3. The Morgan fingerprint density at radius 2 is 1.50 bits per heavy atom. The zero-order valence-electron chi connectivity index (χ0n) is 13.4. The lowest BCUT2D eigenvalue weighted by Crippen LogP contribution is -2.10. The number of rotatable bonds is 2. The van der Waals surface area contributed by atoms with Gasteiger partial charge in [-0.3, -0.25) is 0 Å². The summed E-state index contributed by atoms with van der Waals surface area (Å²) >= 11 is 2.42. The normalized spacial score (nSPS) is 11.8. The lowest BCUT2D eigenvalue weighted by atomic mass is 9.86. The van der Waals surface area contributed by atoms with Crippen LogP contribution in [0, 0.1) is 3.57 Å². The molecule has 0 fully saturated rings. The van der Waals surface area contributed by atoms with Gasteiger partial charge in [0, 0.05) is 3.57 Å². The average molecular weight is 400 g/mol. The molecule has 0 saturated carbocycles. The van der Waals surface area contributed by atoms with Crippen LogP contribution in [-0.2, 0) is 11.8 Å². The molecule has 112 valence electrons. The van der Waals surface area contributed by atoms with Crippen LogP contribution in [0.2, 0.25) is 0 Å². The predicted octanol–water partition coefficient (Wildman–Crippen LogP) is 6.33. The van der Waals surface area contributed by atoms with E-state index in [9.17, 15) is 0 Å². The summed E-state index contributed by atoms with van der Waals surface area (Å²) in [4.78, 5) is 0. The van der Waals surface area contributed by atoms with Crippen LogP contribution >= 0.6 is 22.6 Å². The van der Waals surface area contributed by atoms with Crippen LogP contribution < -0.4 is 0 Å². The Hall–Kier alpha value is -1.35. The molecular weight excluding hydrogens is 379 g/mol. The van der Waals surface area contributed by atoms with Crippen molar-refractivity contribution in [1.82, 2.24) is 0 Å². The molecule has 22 heavy (non-hydrogen) atoms. The van der Waals surface area contributed by atoms with E-state index in [4.69, 9.17) is 0 Å². The van der Waals surface area contributed by atoms with E-state index in [0.717, 1.165) is 6.42 Å². The van der Waals surface area contributed by atoms with Gasteiger partial charge in [0.05, 0.1) is 0 Å². The average Bonchev–Trinajstić information content (AvgIpc) is 2.48. The van der Waals surface area contributed by atoms with Gasteiger partial charge in [-0.1, -0.05) is 69.3 Å². The first kappa shape index (κ1) is 15.5. The summed E-state index contributed by atoms with van der Waals surface area (Å²) in [7, 11) is 0. The molecular formula is C21H21I. The third-order valence-corrected chi connectivity index (χ3v) is 5.06. The molecule has 0 nitrogen and oxygen atoms in total. The minimum Gasteiger partial charge on any atom is -0.0606 e. The zero-order valence-corrected chi connectivity index (χ0v) is 15.5. The van der Waals surface area contributed by atoms with E-state index in [1.165, 1.54) is 31.0 Å². The van der Waals surface area contributed by atoms with Crippen LogP contribution in [0.1, 0.15) is 37.5 Å². The highest BCUT2D eigenvalue weighted by molar-refractivity contribution is 14.1. The maximum absolute atomic E-state index is 2.42. The molecule has 0 bridgehead atoms. The number of hydrogen-bond donors (Lipinski definition) is 0. The van der Waals surface area contributed by atoms with Gasteiger partial charge in [-0.2, -0.15) is 0 Å². The standard InChI is InChI=1S/C21H21I/c1-21(2,3)18-11-8-15(9-12-18)13-16-7-10-17-5-4-6-20(22)19(17)14-16/h4-12,14H,13H2,1-3H3. The van der Waals surface area contributed by atoms with E-state index in [0.29, 0.717) is 0 Å². The van der Waals surface area contributed by atoms with Crippen molar-refractivity contribution in [2.45, 2.75) is 32.6 Å². The topological polar surface area (TPSA) is 0 Å². The largest absolute Gasteiger partial charge is 0.0606 e. The van der Waals surface area contributed by atoms with Crippen LogP contribution in [0.5, 0.6) is 0 Å². The first-order chi connectivity index (χ1) is 10.4. The highest BCUT2D eigenvalue weighted by Crippen LogP contribution is 2.25. The molecule has 3 aromatic carbocycles. The van der Waals surface area contributed by atoms with E-state index in [2.05, 4.69) is 104 Å². The van der Waals surface area contributed by atoms with E-state index in [1.54, 1.807) is 0 Å². The molecule has 1 heteroatoms. The second-order valence-corrected chi connectivity index (χ2v) is 8.08. The van der Waals surface area contributed by atoms with Gasteiger partial charge in [0.25, 0.3) is 0 Å². The highest BCUT2D eigenvalue weighted by Gasteiger charge is 2.12. The van der Waals surface area contributed by atoms with Gasteiger partial charge in [0.2, 0.25) is 0 Å². The highest BCUT2D eigenvalue weighted by atomic mass is 127. The van der Waals surface area contributed by atoms with Crippen LogP contribution in [0.3, 0.4) is 0 Å². The molecule has 3 aromatic rings. The van der Waals surface area contributed by atoms with Gasteiger partial charge in [0.1, 0.15) is 0 Å². The maximum atomic E-state index is 2.42. The summed E-state index contributed by atoms with van der Waals surface area (Å²) < 4.78 is 1.32. The zero-order chi connectivity index (χ0) is 15.7. The summed E-state index contributed by atoms with van der Waals surface area (Å²) in [6.07, 6.45) is 0.991. The molecule has 3 rings (SSSR count). The molecule has 0 spiro atoms. The van der Waals surface area contributed by atoms with E-state index < -0.39 is 0 Å². The summed E-state index contributed by atoms with van der Waals surface area (Å²) in [5.74, 6) is 0. The Morgan fingerprint density at radius 3 is 2.18 bits per heavy atom. The SMILES string of the molecule is CC(C)(C)c1ccc(Cc2ccc3cccc(I)c3c2)cc1. The third kappa shape index (κ3) is 3.35.